The SMILES string of the molecule is C[C@@H](NC1CCCC(C(=O)O)C1)c1ccccc1F. The van der Waals surface area contributed by atoms with Gasteiger partial charge in [-0.05, 0) is 32.3 Å². The first-order chi connectivity index (χ1) is 9.08. The van der Waals surface area contributed by atoms with E-state index in [9.17, 15) is 9.18 Å². The summed E-state index contributed by atoms with van der Waals surface area (Å²) in [5.41, 5.74) is 0.639. The largest absolute Gasteiger partial charge is 0.481 e. The van der Waals surface area contributed by atoms with Crippen molar-refractivity contribution in [3.63, 3.8) is 0 Å². The normalized spacial score (nSPS) is 24.9. The van der Waals surface area contributed by atoms with E-state index in [1.165, 1.54) is 6.07 Å². The van der Waals surface area contributed by atoms with E-state index >= 15 is 0 Å². The molecule has 4 heteroatoms. The summed E-state index contributed by atoms with van der Waals surface area (Å²) in [6, 6.07) is 6.77. The van der Waals surface area contributed by atoms with Gasteiger partial charge in [0.05, 0.1) is 5.92 Å². The van der Waals surface area contributed by atoms with Crippen LogP contribution in [0.2, 0.25) is 0 Å². The van der Waals surface area contributed by atoms with Crippen LogP contribution in [-0.2, 0) is 4.79 Å². The van der Waals surface area contributed by atoms with Gasteiger partial charge in [-0.25, -0.2) is 4.39 Å². The standard InChI is InChI=1S/C15H20FNO2/c1-10(13-7-2-3-8-14(13)16)17-12-6-4-5-11(9-12)15(18)19/h2-3,7-8,10-12,17H,4-6,9H2,1H3,(H,18,19)/t10-,11?,12?/m1/s1. The molecule has 1 aromatic carbocycles. The van der Waals surface area contributed by atoms with Crippen molar-refractivity contribution in [2.45, 2.75) is 44.7 Å². The van der Waals surface area contributed by atoms with E-state index in [-0.39, 0.29) is 23.8 Å². The van der Waals surface area contributed by atoms with Crippen molar-refractivity contribution in [3.05, 3.63) is 35.6 Å². The molecule has 2 unspecified atom stereocenters. The number of hydrogen-bond donors (Lipinski definition) is 2. The second-order valence-electron chi connectivity index (χ2n) is 5.31. The van der Waals surface area contributed by atoms with E-state index in [1.807, 2.05) is 13.0 Å². The Balaban J connectivity index is 1.97. The highest BCUT2D eigenvalue weighted by Crippen LogP contribution is 2.27. The Hall–Kier alpha value is -1.42. The Morgan fingerprint density at radius 1 is 1.42 bits per heavy atom. The van der Waals surface area contributed by atoms with Gasteiger partial charge in [0.25, 0.3) is 0 Å². The van der Waals surface area contributed by atoms with Crippen molar-refractivity contribution >= 4 is 5.97 Å². The maximum atomic E-state index is 13.7. The van der Waals surface area contributed by atoms with Crippen LogP contribution in [0.1, 0.15) is 44.2 Å². The van der Waals surface area contributed by atoms with Crippen LogP contribution in [-0.4, -0.2) is 17.1 Å². The second-order valence-corrected chi connectivity index (χ2v) is 5.31. The molecular formula is C15H20FNO2. The number of hydrogen-bond acceptors (Lipinski definition) is 2. The van der Waals surface area contributed by atoms with Crippen molar-refractivity contribution in [3.8, 4) is 0 Å². The molecule has 0 aromatic heterocycles. The smallest absolute Gasteiger partial charge is 0.306 e. The van der Waals surface area contributed by atoms with Gasteiger partial charge in [0.2, 0.25) is 0 Å². The number of carbonyl (C=O) groups is 1. The van der Waals surface area contributed by atoms with Crippen molar-refractivity contribution < 1.29 is 14.3 Å². The highest BCUT2D eigenvalue weighted by atomic mass is 19.1. The lowest BCUT2D eigenvalue weighted by Crippen LogP contribution is -2.38. The second kappa shape index (κ2) is 6.15. The third-order valence-electron chi connectivity index (χ3n) is 3.88. The van der Waals surface area contributed by atoms with Crippen LogP contribution >= 0.6 is 0 Å². The minimum Gasteiger partial charge on any atom is -0.481 e. The van der Waals surface area contributed by atoms with Crippen molar-refractivity contribution in [2.24, 2.45) is 5.92 Å². The molecule has 0 amide bonds. The minimum absolute atomic E-state index is 0.0984. The van der Waals surface area contributed by atoms with E-state index < -0.39 is 5.97 Å². The number of benzene rings is 1. The molecule has 0 aliphatic heterocycles. The zero-order chi connectivity index (χ0) is 13.8. The fraction of sp³-hybridized carbons (Fsp3) is 0.533. The number of nitrogens with one attached hydrogen (secondary N) is 1. The van der Waals surface area contributed by atoms with Gasteiger partial charge in [0.1, 0.15) is 5.82 Å². The zero-order valence-corrected chi connectivity index (χ0v) is 11.1. The lowest BCUT2D eigenvalue weighted by atomic mass is 9.85. The molecule has 19 heavy (non-hydrogen) atoms. The topological polar surface area (TPSA) is 49.3 Å². The van der Waals surface area contributed by atoms with Crippen LogP contribution in [0.3, 0.4) is 0 Å². The summed E-state index contributed by atoms with van der Waals surface area (Å²) in [5, 5.41) is 12.4. The lowest BCUT2D eigenvalue weighted by Gasteiger charge is -2.30. The van der Waals surface area contributed by atoms with Gasteiger partial charge < -0.3 is 10.4 Å². The van der Waals surface area contributed by atoms with E-state index in [1.54, 1.807) is 12.1 Å². The first-order valence-electron chi connectivity index (χ1n) is 6.81. The molecule has 1 fully saturated rings. The molecule has 1 aliphatic rings. The Morgan fingerprint density at radius 2 is 2.16 bits per heavy atom. The van der Waals surface area contributed by atoms with Crippen LogP contribution in [0.15, 0.2) is 24.3 Å². The monoisotopic (exact) mass is 265 g/mol. The molecule has 0 saturated heterocycles. The van der Waals surface area contributed by atoms with Crippen LogP contribution in [0.25, 0.3) is 0 Å². The minimum atomic E-state index is -0.718. The molecule has 3 atom stereocenters. The number of aliphatic carboxylic acids is 1. The highest BCUT2D eigenvalue weighted by molar-refractivity contribution is 5.70. The third kappa shape index (κ3) is 3.53. The van der Waals surface area contributed by atoms with Gasteiger partial charge >= 0.3 is 5.97 Å². The Morgan fingerprint density at radius 3 is 2.84 bits per heavy atom. The van der Waals surface area contributed by atoms with Gasteiger partial charge in [-0.15, -0.1) is 0 Å². The Kier molecular flexibility index (Phi) is 4.53. The molecule has 2 rings (SSSR count). The Labute approximate surface area is 112 Å². The van der Waals surface area contributed by atoms with E-state index in [2.05, 4.69) is 5.32 Å². The maximum Gasteiger partial charge on any atom is 0.306 e. The average Bonchev–Trinajstić information content (AvgIpc) is 2.39. The van der Waals surface area contributed by atoms with E-state index in [0.29, 0.717) is 12.0 Å². The molecule has 3 nitrogen and oxygen atoms in total. The highest BCUT2D eigenvalue weighted by Gasteiger charge is 2.27. The molecule has 0 heterocycles. The van der Waals surface area contributed by atoms with E-state index in [0.717, 1.165) is 19.3 Å². The van der Waals surface area contributed by atoms with Gasteiger partial charge in [0, 0.05) is 17.6 Å². The summed E-state index contributed by atoms with van der Waals surface area (Å²) in [6.45, 7) is 1.92. The summed E-state index contributed by atoms with van der Waals surface area (Å²) < 4.78 is 13.7. The van der Waals surface area contributed by atoms with Gasteiger partial charge in [-0.2, -0.15) is 0 Å². The van der Waals surface area contributed by atoms with Crippen molar-refractivity contribution in [1.29, 1.82) is 0 Å². The first kappa shape index (κ1) is 14.0. The molecule has 0 bridgehead atoms. The quantitative estimate of drug-likeness (QED) is 0.879. The lowest BCUT2D eigenvalue weighted by molar-refractivity contribution is -0.143. The predicted octanol–water partition coefficient (Wildman–Crippen LogP) is 3.12. The van der Waals surface area contributed by atoms with Gasteiger partial charge in [0.15, 0.2) is 0 Å². The number of halogens is 1. The fourth-order valence-electron chi connectivity index (χ4n) is 2.84. The van der Waals surface area contributed by atoms with Gasteiger partial charge in [-0.3, -0.25) is 4.79 Å². The molecule has 0 radical (unpaired) electrons. The maximum absolute atomic E-state index is 13.7. The molecule has 1 aliphatic carbocycles. The number of carboxylic acids is 1. The molecule has 2 N–H and O–H groups in total. The fourth-order valence-corrected chi connectivity index (χ4v) is 2.84. The summed E-state index contributed by atoms with van der Waals surface area (Å²) in [4.78, 5) is 11.0. The van der Waals surface area contributed by atoms with Crippen LogP contribution in [0.5, 0.6) is 0 Å². The molecular weight excluding hydrogens is 245 g/mol. The molecule has 1 saturated carbocycles. The summed E-state index contributed by atoms with van der Waals surface area (Å²) >= 11 is 0. The molecule has 1 aromatic rings. The Bertz CT molecular complexity index is 450. The molecule has 0 spiro atoms. The van der Waals surface area contributed by atoms with E-state index in [4.69, 9.17) is 5.11 Å². The first-order valence-corrected chi connectivity index (χ1v) is 6.81. The summed E-state index contributed by atoms with van der Waals surface area (Å²) in [7, 11) is 0. The number of rotatable bonds is 4. The molecule has 104 valence electrons. The van der Waals surface area contributed by atoms with Crippen molar-refractivity contribution in [2.75, 3.05) is 0 Å². The number of carboxylic acid groups (broad SMARTS) is 1. The van der Waals surface area contributed by atoms with Crippen molar-refractivity contribution in [1.82, 2.24) is 5.32 Å². The van der Waals surface area contributed by atoms with Crippen LogP contribution in [0.4, 0.5) is 4.39 Å². The summed E-state index contributed by atoms with van der Waals surface area (Å²) in [5.74, 6) is -1.20. The zero-order valence-electron chi connectivity index (χ0n) is 11.1. The van der Waals surface area contributed by atoms with Crippen LogP contribution in [0, 0.1) is 11.7 Å². The van der Waals surface area contributed by atoms with Gasteiger partial charge in [-0.1, -0.05) is 24.6 Å². The predicted molar refractivity (Wildman–Crippen MR) is 71.3 cm³/mol. The average molecular weight is 265 g/mol. The third-order valence-corrected chi connectivity index (χ3v) is 3.88. The van der Waals surface area contributed by atoms with Crippen LogP contribution < -0.4 is 5.32 Å². The summed E-state index contributed by atoms with van der Waals surface area (Å²) in [6.07, 6.45) is 3.26.